The number of hydrogen-bond acceptors (Lipinski definition) is 5. The zero-order valence-electron chi connectivity index (χ0n) is 7.62. The maximum Gasteiger partial charge on any atom is 0.222 e. The molecule has 15 heavy (non-hydrogen) atoms. The number of nitrogen functional groups attached to an aromatic ring is 1. The van der Waals surface area contributed by atoms with Crippen molar-refractivity contribution in [2.75, 3.05) is 5.73 Å². The lowest BCUT2D eigenvalue weighted by Gasteiger charge is -1.97. The maximum atomic E-state index is 5.51. The third kappa shape index (κ3) is 1.13. The van der Waals surface area contributed by atoms with Crippen molar-refractivity contribution >= 4 is 17.1 Å². The average molecular weight is 201 g/mol. The Morgan fingerprint density at radius 2 is 2.20 bits per heavy atom. The van der Waals surface area contributed by atoms with Gasteiger partial charge in [0.1, 0.15) is 11.8 Å². The molecule has 0 fully saturated rings. The highest BCUT2D eigenvalue weighted by molar-refractivity contribution is 5.72. The van der Waals surface area contributed by atoms with Crippen LogP contribution in [0.1, 0.15) is 0 Å². The lowest BCUT2D eigenvalue weighted by atomic mass is 10.5. The Labute approximate surface area is 84.0 Å². The third-order valence-corrected chi connectivity index (χ3v) is 2.02. The normalized spacial score (nSPS) is 10.9. The van der Waals surface area contributed by atoms with E-state index in [9.17, 15) is 0 Å². The molecule has 0 saturated carbocycles. The number of aromatic amines is 1. The summed E-state index contributed by atoms with van der Waals surface area (Å²) in [5.41, 5.74) is 6.83. The number of fused-ring (bicyclic) bond motifs is 1. The van der Waals surface area contributed by atoms with Crippen molar-refractivity contribution in [3.05, 3.63) is 24.9 Å². The molecule has 0 aromatic carbocycles. The molecular weight excluding hydrogens is 194 g/mol. The van der Waals surface area contributed by atoms with E-state index < -0.39 is 0 Å². The summed E-state index contributed by atoms with van der Waals surface area (Å²) >= 11 is 0. The topological polar surface area (TPSA) is 98.3 Å². The van der Waals surface area contributed by atoms with Crippen molar-refractivity contribution in [2.24, 2.45) is 0 Å². The number of H-pyrrole nitrogens is 1. The van der Waals surface area contributed by atoms with Gasteiger partial charge in [0, 0.05) is 12.4 Å². The van der Waals surface area contributed by atoms with Gasteiger partial charge in [-0.3, -0.25) is 4.57 Å². The fourth-order valence-electron chi connectivity index (χ4n) is 1.37. The van der Waals surface area contributed by atoms with Crippen LogP contribution in [0, 0.1) is 0 Å². The molecule has 3 aromatic rings. The van der Waals surface area contributed by atoms with Gasteiger partial charge in [-0.1, -0.05) is 0 Å². The SMILES string of the molecule is Nc1ncc2ncn(-c3ncc[nH]3)c2n1. The van der Waals surface area contributed by atoms with Gasteiger partial charge < -0.3 is 10.7 Å². The van der Waals surface area contributed by atoms with Crippen molar-refractivity contribution in [3.63, 3.8) is 0 Å². The Hall–Kier alpha value is -2.44. The minimum atomic E-state index is 0.218. The van der Waals surface area contributed by atoms with Crippen molar-refractivity contribution in [3.8, 4) is 5.95 Å². The second kappa shape index (κ2) is 2.77. The molecule has 0 atom stereocenters. The molecule has 3 aromatic heterocycles. The largest absolute Gasteiger partial charge is 0.368 e. The predicted octanol–water partition coefficient (Wildman–Crippen LogP) is 0.121. The van der Waals surface area contributed by atoms with E-state index in [1.165, 1.54) is 0 Å². The molecule has 0 amide bonds. The van der Waals surface area contributed by atoms with E-state index in [0.717, 1.165) is 0 Å². The van der Waals surface area contributed by atoms with Gasteiger partial charge in [0.25, 0.3) is 0 Å². The Morgan fingerprint density at radius 1 is 1.27 bits per heavy atom. The fraction of sp³-hybridized carbons (Fsp3) is 0. The Bertz CT molecular complexity index is 595. The average Bonchev–Trinajstić information content (AvgIpc) is 2.83. The highest BCUT2D eigenvalue weighted by Crippen LogP contribution is 2.12. The van der Waals surface area contributed by atoms with E-state index in [4.69, 9.17) is 5.73 Å². The first kappa shape index (κ1) is 7.92. The smallest absolute Gasteiger partial charge is 0.222 e. The molecule has 0 aliphatic carbocycles. The summed E-state index contributed by atoms with van der Waals surface area (Å²) in [7, 11) is 0. The standard InChI is InChI=1S/C8H7N7/c9-7-12-3-5-6(14-7)15(4-13-5)8-10-1-2-11-8/h1-4H,(H,10,11)(H2,9,12,14). The first-order valence-corrected chi connectivity index (χ1v) is 4.30. The van der Waals surface area contributed by atoms with E-state index in [1.807, 2.05) is 0 Å². The van der Waals surface area contributed by atoms with Gasteiger partial charge in [0.2, 0.25) is 11.9 Å². The summed E-state index contributed by atoms with van der Waals surface area (Å²) in [5.74, 6) is 0.867. The highest BCUT2D eigenvalue weighted by Gasteiger charge is 2.07. The zero-order chi connectivity index (χ0) is 10.3. The Morgan fingerprint density at radius 3 is 3.00 bits per heavy atom. The van der Waals surface area contributed by atoms with Crippen LogP contribution in [-0.2, 0) is 0 Å². The summed E-state index contributed by atoms with van der Waals surface area (Å²) in [4.78, 5) is 19.2. The lowest BCUT2D eigenvalue weighted by Crippen LogP contribution is -1.99. The van der Waals surface area contributed by atoms with E-state index in [1.54, 1.807) is 29.5 Å². The van der Waals surface area contributed by atoms with Crippen LogP contribution in [0.4, 0.5) is 5.95 Å². The molecule has 74 valence electrons. The van der Waals surface area contributed by atoms with Crippen LogP contribution >= 0.6 is 0 Å². The summed E-state index contributed by atoms with van der Waals surface area (Å²) in [6.07, 6.45) is 6.59. The number of hydrogen-bond donors (Lipinski definition) is 2. The van der Waals surface area contributed by atoms with Crippen LogP contribution in [0.25, 0.3) is 17.1 Å². The van der Waals surface area contributed by atoms with Gasteiger partial charge in [-0.2, -0.15) is 4.98 Å². The number of anilines is 1. The van der Waals surface area contributed by atoms with Gasteiger partial charge in [-0.25, -0.2) is 15.0 Å². The first-order chi connectivity index (χ1) is 7.34. The molecule has 3 rings (SSSR count). The minimum Gasteiger partial charge on any atom is -0.368 e. The predicted molar refractivity (Wildman–Crippen MR) is 53.2 cm³/mol. The van der Waals surface area contributed by atoms with Crippen molar-refractivity contribution < 1.29 is 0 Å². The van der Waals surface area contributed by atoms with Gasteiger partial charge in [-0.15, -0.1) is 0 Å². The number of imidazole rings is 2. The van der Waals surface area contributed by atoms with Crippen LogP contribution in [0.15, 0.2) is 24.9 Å². The van der Waals surface area contributed by atoms with Gasteiger partial charge in [-0.05, 0) is 0 Å². The molecule has 0 spiro atoms. The number of nitrogens with zero attached hydrogens (tertiary/aromatic N) is 5. The Kier molecular flexibility index (Phi) is 1.46. The monoisotopic (exact) mass is 201 g/mol. The zero-order valence-corrected chi connectivity index (χ0v) is 7.62. The fourth-order valence-corrected chi connectivity index (χ4v) is 1.37. The number of aromatic nitrogens is 6. The molecule has 7 nitrogen and oxygen atoms in total. The van der Waals surface area contributed by atoms with Gasteiger partial charge in [0.05, 0.1) is 6.20 Å². The summed E-state index contributed by atoms with van der Waals surface area (Å²) < 4.78 is 1.72. The van der Waals surface area contributed by atoms with Crippen LogP contribution in [0.2, 0.25) is 0 Å². The van der Waals surface area contributed by atoms with Gasteiger partial charge >= 0.3 is 0 Å². The van der Waals surface area contributed by atoms with Crippen LogP contribution in [-0.4, -0.2) is 29.5 Å². The van der Waals surface area contributed by atoms with E-state index in [2.05, 4.69) is 24.9 Å². The summed E-state index contributed by atoms with van der Waals surface area (Å²) in [6, 6.07) is 0. The molecule has 7 heteroatoms. The Balaban J connectivity index is 2.32. The summed E-state index contributed by atoms with van der Waals surface area (Å²) in [5, 5.41) is 0. The van der Waals surface area contributed by atoms with Gasteiger partial charge in [0.15, 0.2) is 5.65 Å². The molecule has 3 heterocycles. The number of rotatable bonds is 1. The molecule has 0 aliphatic heterocycles. The molecular formula is C8H7N7. The molecule has 0 unspecified atom stereocenters. The third-order valence-electron chi connectivity index (χ3n) is 2.02. The maximum absolute atomic E-state index is 5.51. The van der Waals surface area contributed by atoms with Crippen LogP contribution < -0.4 is 5.73 Å². The second-order valence-electron chi connectivity index (χ2n) is 2.96. The van der Waals surface area contributed by atoms with Crippen molar-refractivity contribution in [1.82, 2.24) is 29.5 Å². The first-order valence-electron chi connectivity index (χ1n) is 4.30. The van der Waals surface area contributed by atoms with E-state index in [-0.39, 0.29) is 5.95 Å². The van der Waals surface area contributed by atoms with Crippen molar-refractivity contribution in [1.29, 1.82) is 0 Å². The molecule has 3 N–H and O–H groups in total. The molecule has 0 bridgehead atoms. The minimum absolute atomic E-state index is 0.218. The molecule has 0 radical (unpaired) electrons. The number of nitrogens with one attached hydrogen (secondary N) is 1. The number of nitrogens with two attached hydrogens (primary N) is 1. The summed E-state index contributed by atoms with van der Waals surface area (Å²) in [6.45, 7) is 0. The molecule has 0 saturated heterocycles. The quantitative estimate of drug-likeness (QED) is 0.582. The van der Waals surface area contributed by atoms with Crippen molar-refractivity contribution in [2.45, 2.75) is 0 Å². The molecule has 0 aliphatic rings. The highest BCUT2D eigenvalue weighted by atomic mass is 15.2. The second-order valence-corrected chi connectivity index (χ2v) is 2.96. The van der Waals surface area contributed by atoms with Crippen LogP contribution in [0.5, 0.6) is 0 Å². The van der Waals surface area contributed by atoms with Crippen LogP contribution in [0.3, 0.4) is 0 Å². The van der Waals surface area contributed by atoms with E-state index in [0.29, 0.717) is 17.1 Å². The van der Waals surface area contributed by atoms with E-state index >= 15 is 0 Å². The lowest BCUT2D eigenvalue weighted by molar-refractivity contribution is 0.971.